The van der Waals surface area contributed by atoms with Crippen LogP contribution in [-0.4, -0.2) is 64.0 Å². The maximum atomic E-state index is 14.9. The van der Waals surface area contributed by atoms with Gasteiger partial charge in [0.05, 0.1) is 19.0 Å². The largest absolute Gasteiger partial charge is 0.507 e. The van der Waals surface area contributed by atoms with E-state index in [0.29, 0.717) is 17.1 Å². The Morgan fingerprint density at radius 1 is 1.18 bits per heavy atom. The van der Waals surface area contributed by atoms with Crippen LogP contribution in [0.5, 0.6) is 11.6 Å². The molecule has 2 fully saturated rings. The van der Waals surface area contributed by atoms with Crippen LogP contribution in [0.4, 0.5) is 14.6 Å². The molecule has 1 aliphatic heterocycles. The lowest BCUT2D eigenvalue weighted by atomic mass is 10.0. The maximum absolute atomic E-state index is 14.9. The number of hydrogen-bond donors (Lipinski definition) is 2. The summed E-state index contributed by atoms with van der Waals surface area (Å²) >= 11 is 0. The van der Waals surface area contributed by atoms with Gasteiger partial charge in [-0.3, -0.25) is 0 Å². The van der Waals surface area contributed by atoms with Gasteiger partial charge in [0.15, 0.2) is 5.82 Å². The van der Waals surface area contributed by atoms with Crippen molar-refractivity contribution < 1.29 is 18.6 Å². The van der Waals surface area contributed by atoms with Gasteiger partial charge >= 0.3 is 0 Å². The van der Waals surface area contributed by atoms with Gasteiger partial charge in [-0.05, 0) is 43.5 Å². The third kappa shape index (κ3) is 4.30. The van der Waals surface area contributed by atoms with Crippen LogP contribution in [0.3, 0.4) is 0 Å². The average molecular weight is 454 g/mol. The highest BCUT2D eigenvalue weighted by Crippen LogP contribution is 2.38. The second-order valence-electron chi connectivity index (χ2n) is 8.60. The van der Waals surface area contributed by atoms with E-state index in [-0.39, 0.29) is 41.0 Å². The SMILES string of the molecule is COc1cc(-c2cc(O)c(-c3ccc(N4CC[C@H](NC5(CF)CC5)C4)nn3)cc2F)cnn1. The number of halogens is 2. The van der Waals surface area contributed by atoms with E-state index in [1.807, 2.05) is 0 Å². The zero-order chi connectivity index (χ0) is 23.0. The van der Waals surface area contributed by atoms with Crippen LogP contribution in [-0.2, 0) is 0 Å². The van der Waals surface area contributed by atoms with Crippen molar-refractivity contribution in [1.29, 1.82) is 0 Å². The van der Waals surface area contributed by atoms with E-state index in [1.54, 1.807) is 12.1 Å². The molecule has 33 heavy (non-hydrogen) atoms. The molecule has 0 radical (unpaired) electrons. The predicted molar refractivity (Wildman–Crippen MR) is 118 cm³/mol. The van der Waals surface area contributed by atoms with Crippen LogP contribution in [0.15, 0.2) is 36.5 Å². The highest BCUT2D eigenvalue weighted by Gasteiger charge is 2.45. The number of hydrogen-bond acceptors (Lipinski definition) is 8. The van der Waals surface area contributed by atoms with Crippen molar-refractivity contribution in [2.24, 2.45) is 0 Å². The van der Waals surface area contributed by atoms with Gasteiger partial charge in [-0.25, -0.2) is 8.78 Å². The van der Waals surface area contributed by atoms with Crippen molar-refractivity contribution >= 4 is 5.82 Å². The van der Waals surface area contributed by atoms with Crippen molar-refractivity contribution in [2.45, 2.75) is 30.8 Å². The minimum Gasteiger partial charge on any atom is -0.507 e. The van der Waals surface area contributed by atoms with Crippen molar-refractivity contribution in [3.05, 3.63) is 42.3 Å². The van der Waals surface area contributed by atoms with Gasteiger partial charge in [0.25, 0.3) is 0 Å². The van der Waals surface area contributed by atoms with Crippen molar-refractivity contribution in [1.82, 2.24) is 25.7 Å². The van der Waals surface area contributed by atoms with Gasteiger partial charge in [-0.2, -0.15) is 5.10 Å². The number of aromatic hydroxyl groups is 1. The summed E-state index contributed by atoms with van der Waals surface area (Å²) in [5, 5.41) is 30.1. The molecule has 2 aromatic heterocycles. The first-order valence-electron chi connectivity index (χ1n) is 10.8. The normalized spacial score (nSPS) is 19.0. The first-order valence-corrected chi connectivity index (χ1v) is 10.8. The summed E-state index contributed by atoms with van der Waals surface area (Å²) in [6.45, 7) is 1.20. The summed E-state index contributed by atoms with van der Waals surface area (Å²) in [5.41, 5.74) is 0.882. The molecule has 0 unspecified atom stereocenters. The number of phenolic OH excluding ortho intramolecular Hbond substituents is 1. The smallest absolute Gasteiger partial charge is 0.233 e. The first kappa shape index (κ1) is 21.4. The highest BCUT2D eigenvalue weighted by atomic mass is 19.1. The molecular weight excluding hydrogens is 430 g/mol. The molecule has 172 valence electrons. The van der Waals surface area contributed by atoms with Gasteiger partial charge in [-0.15, -0.1) is 15.3 Å². The third-order valence-electron chi connectivity index (χ3n) is 6.30. The maximum Gasteiger partial charge on any atom is 0.233 e. The predicted octanol–water partition coefficient (Wildman–Crippen LogP) is 3.12. The fourth-order valence-electron chi connectivity index (χ4n) is 4.21. The van der Waals surface area contributed by atoms with E-state index in [9.17, 15) is 13.9 Å². The second kappa shape index (κ2) is 8.51. The van der Waals surface area contributed by atoms with Crippen molar-refractivity contribution in [2.75, 3.05) is 31.8 Å². The lowest BCUT2D eigenvalue weighted by Gasteiger charge is -2.21. The van der Waals surface area contributed by atoms with Crippen LogP contribution in [0.25, 0.3) is 22.4 Å². The van der Waals surface area contributed by atoms with Gasteiger partial charge in [-0.1, -0.05) is 0 Å². The minimum absolute atomic E-state index is 0.129. The molecule has 2 aliphatic rings. The molecule has 0 spiro atoms. The van der Waals surface area contributed by atoms with Crippen molar-refractivity contribution in [3.8, 4) is 34.0 Å². The fraction of sp³-hybridized carbons (Fsp3) is 0.391. The number of anilines is 1. The Balaban J connectivity index is 1.32. The Hall–Kier alpha value is -3.40. The van der Waals surface area contributed by atoms with E-state index in [1.165, 1.54) is 31.5 Å². The van der Waals surface area contributed by atoms with Gasteiger partial charge < -0.3 is 20.1 Å². The number of methoxy groups -OCH3 is 1. The van der Waals surface area contributed by atoms with E-state index in [2.05, 4.69) is 30.6 Å². The first-order chi connectivity index (χ1) is 16.0. The molecule has 0 amide bonds. The van der Waals surface area contributed by atoms with Crippen molar-refractivity contribution in [3.63, 3.8) is 0 Å². The Kier molecular flexibility index (Phi) is 5.53. The Morgan fingerprint density at radius 2 is 2.03 bits per heavy atom. The molecule has 1 saturated heterocycles. The fourth-order valence-corrected chi connectivity index (χ4v) is 4.21. The van der Waals surface area contributed by atoms with Crippen LogP contribution >= 0.6 is 0 Å². The highest BCUT2D eigenvalue weighted by molar-refractivity contribution is 5.75. The summed E-state index contributed by atoms with van der Waals surface area (Å²) < 4.78 is 33.1. The quantitative estimate of drug-likeness (QED) is 0.562. The zero-order valence-electron chi connectivity index (χ0n) is 18.1. The zero-order valence-corrected chi connectivity index (χ0v) is 18.1. The van der Waals surface area contributed by atoms with Gasteiger partial charge in [0.1, 0.15) is 18.2 Å². The minimum atomic E-state index is -0.543. The van der Waals surface area contributed by atoms with Crippen LogP contribution in [0, 0.1) is 5.82 Å². The molecule has 10 heteroatoms. The Bertz CT molecular complexity index is 1160. The number of phenols is 1. The molecule has 3 aromatic rings. The monoisotopic (exact) mass is 454 g/mol. The standard InChI is InChI=1S/C23H24F2N6O2/c1-33-22-8-14(11-26-30-22)16-10-20(32)17(9-18(16)25)19-2-3-21(29-28-19)31-7-4-15(12-31)27-23(13-24)5-6-23/h2-3,8-11,15,27,32H,4-7,12-13H2,1H3/t15-/m0/s1. The van der Waals surface area contributed by atoms with E-state index < -0.39 is 5.82 Å². The second-order valence-corrected chi connectivity index (χ2v) is 8.60. The van der Waals surface area contributed by atoms with Crippen LogP contribution in [0.1, 0.15) is 19.3 Å². The molecule has 1 aromatic carbocycles. The summed E-state index contributed by atoms with van der Waals surface area (Å²) in [4.78, 5) is 2.09. The lowest BCUT2D eigenvalue weighted by Crippen LogP contribution is -2.43. The van der Waals surface area contributed by atoms with E-state index >= 15 is 0 Å². The Labute approximate surface area is 189 Å². The molecular formula is C23H24F2N6O2. The number of rotatable bonds is 7. The number of nitrogens with one attached hydrogen (secondary N) is 1. The van der Waals surface area contributed by atoms with Gasteiger partial charge in [0, 0.05) is 47.4 Å². The van der Waals surface area contributed by atoms with Gasteiger partial charge in [0.2, 0.25) is 5.88 Å². The number of ether oxygens (including phenoxy) is 1. The molecule has 0 bridgehead atoms. The number of alkyl halides is 1. The van der Waals surface area contributed by atoms with Crippen LogP contribution < -0.4 is 15.0 Å². The van der Waals surface area contributed by atoms with Crippen LogP contribution in [0.2, 0.25) is 0 Å². The number of aromatic nitrogens is 4. The summed E-state index contributed by atoms with van der Waals surface area (Å²) in [6.07, 6.45) is 4.08. The topological polar surface area (TPSA) is 96.3 Å². The van der Waals surface area contributed by atoms with E-state index in [0.717, 1.165) is 32.4 Å². The number of benzene rings is 1. The summed E-state index contributed by atoms with van der Waals surface area (Å²) in [7, 11) is 1.44. The molecule has 5 rings (SSSR count). The lowest BCUT2D eigenvalue weighted by molar-refractivity contribution is 0.332. The molecule has 3 heterocycles. The average Bonchev–Trinajstić information content (AvgIpc) is 3.47. The third-order valence-corrected chi connectivity index (χ3v) is 6.30. The molecule has 2 N–H and O–H groups in total. The molecule has 1 saturated carbocycles. The molecule has 1 atom stereocenters. The summed E-state index contributed by atoms with van der Waals surface area (Å²) in [5.74, 6) is 0.266. The molecule has 1 aliphatic carbocycles. The van der Waals surface area contributed by atoms with E-state index in [4.69, 9.17) is 4.74 Å². The Morgan fingerprint density at radius 3 is 2.73 bits per heavy atom. The summed E-state index contributed by atoms with van der Waals surface area (Å²) in [6, 6.07) is 7.82. The number of nitrogens with zero attached hydrogens (tertiary/aromatic N) is 5. The molecule has 8 nitrogen and oxygen atoms in total.